The van der Waals surface area contributed by atoms with Gasteiger partial charge in [0.25, 0.3) is 5.91 Å². The van der Waals surface area contributed by atoms with Crippen LogP contribution in [0.4, 0.5) is 5.82 Å². The van der Waals surface area contributed by atoms with Crippen LogP contribution in [0.15, 0.2) is 22.7 Å². The lowest BCUT2D eigenvalue weighted by Crippen LogP contribution is -2.13. The van der Waals surface area contributed by atoms with E-state index in [1.807, 2.05) is 13.0 Å². The number of carbonyl (C=O) groups is 1. The van der Waals surface area contributed by atoms with Gasteiger partial charge in [-0.15, -0.1) is 0 Å². The van der Waals surface area contributed by atoms with Gasteiger partial charge in [0.2, 0.25) is 0 Å². The maximum Gasteiger partial charge on any atom is 0.279 e. The molecular formula is C11H10IN3O2. The number of nitrogens with one attached hydrogen (secondary N) is 1. The molecule has 0 saturated heterocycles. The van der Waals surface area contributed by atoms with Crippen molar-refractivity contribution >= 4 is 34.3 Å². The van der Waals surface area contributed by atoms with Crippen LogP contribution in [0.1, 0.15) is 21.9 Å². The Bertz CT molecular complexity index is 566. The highest BCUT2D eigenvalue weighted by Crippen LogP contribution is 2.13. The van der Waals surface area contributed by atoms with Crippen molar-refractivity contribution in [2.45, 2.75) is 13.8 Å². The predicted molar refractivity (Wildman–Crippen MR) is 70.9 cm³/mol. The molecule has 2 heterocycles. The van der Waals surface area contributed by atoms with Crippen LogP contribution in [0, 0.1) is 17.4 Å². The number of aromatic nitrogens is 2. The number of hydrogen-bond acceptors (Lipinski definition) is 4. The number of amides is 1. The number of pyridine rings is 1. The van der Waals surface area contributed by atoms with Crippen LogP contribution < -0.4 is 5.32 Å². The van der Waals surface area contributed by atoms with E-state index in [1.54, 1.807) is 19.1 Å². The molecule has 88 valence electrons. The lowest BCUT2D eigenvalue weighted by Gasteiger charge is -2.03. The lowest BCUT2D eigenvalue weighted by molar-refractivity contribution is 0.101. The fourth-order valence-electron chi connectivity index (χ4n) is 1.27. The molecule has 5 nitrogen and oxygen atoms in total. The molecule has 0 radical (unpaired) electrons. The predicted octanol–water partition coefficient (Wildman–Crippen LogP) is 2.54. The molecule has 2 aromatic heterocycles. The van der Waals surface area contributed by atoms with Gasteiger partial charge in [-0.2, -0.15) is 0 Å². The molecule has 0 aliphatic carbocycles. The van der Waals surface area contributed by atoms with E-state index in [0.29, 0.717) is 11.6 Å². The largest absolute Gasteiger partial charge is 0.361 e. The van der Waals surface area contributed by atoms with E-state index in [1.165, 1.54) is 0 Å². The van der Waals surface area contributed by atoms with E-state index in [2.05, 4.69) is 38.0 Å². The first-order chi connectivity index (χ1) is 8.06. The number of aryl methyl sites for hydroxylation is 2. The Balaban J connectivity index is 2.15. The smallest absolute Gasteiger partial charge is 0.279 e. The summed E-state index contributed by atoms with van der Waals surface area (Å²) in [5, 5.41) is 6.30. The molecule has 2 rings (SSSR count). The number of nitrogens with zero attached hydrogens (tertiary/aromatic N) is 2. The van der Waals surface area contributed by atoms with Crippen LogP contribution in [0.2, 0.25) is 0 Å². The van der Waals surface area contributed by atoms with Gasteiger partial charge in [0.15, 0.2) is 5.69 Å². The van der Waals surface area contributed by atoms with Crippen LogP contribution in [0.5, 0.6) is 0 Å². The SMILES string of the molecule is Cc1cc(C(=O)Nc2ccc(I)c(C)n2)no1. The van der Waals surface area contributed by atoms with E-state index in [0.717, 1.165) is 9.26 Å². The molecule has 0 aromatic carbocycles. The van der Waals surface area contributed by atoms with E-state index in [4.69, 9.17) is 4.52 Å². The van der Waals surface area contributed by atoms with Crippen molar-refractivity contribution in [2.75, 3.05) is 5.32 Å². The maximum atomic E-state index is 11.7. The average Bonchev–Trinajstić information content (AvgIpc) is 2.70. The Morgan fingerprint density at radius 1 is 1.41 bits per heavy atom. The third-order valence-corrected chi connectivity index (χ3v) is 3.26. The molecule has 0 spiro atoms. The van der Waals surface area contributed by atoms with E-state index >= 15 is 0 Å². The summed E-state index contributed by atoms with van der Waals surface area (Å²) < 4.78 is 5.89. The Hall–Kier alpha value is -1.44. The third kappa shape index (κ3) is 2.82. The molecule has 2 aromatic rings. The molecule has 6 heteroatoms. The second-order valence-electron chi connectivity index (χ2n) is 3.54. The Morgan fingerprint density at radius 2 is 2.18 bits per heavy atom. The summed E-state index contributed by atoms with van der Waals surface area (Å²) in [7, 11) is 0. The highest BCUT2D eigenvalue weighted by Gasteiger charge is 2.11. The standard InChI is InChI=1S/C11H10IN3O2/c1-6-5-9(15-17-6)11(16)14-10-4-3-8(12)7(2)13-10/h3-5H,1-2H3,(H,13,14,16). The van der Waals surface area contributed by atoms with Crippen molar-refractivity contribution in [1.82, 2.24) is 10.1 Å². The zero-order valence-electron chi connectivity index (χ0n) is 9.32. The van der Waals surface area contributed by atoms with Gasteiger partial charge >= 0.3 is 0 Å². The quantitative estimate of drug-likeness (QED) is 0.851. The lowest BCUT2D eigenvalue weighted by atomic mass is 10.3. The van der Waals surface area contributed by atoms with Crippen molar-refractivity contribution in [2.24, 2.45) is 0 Å². The first-order valence-corrected chi connectivity index (χ1v) is 6.02. The minimum atomic E-state index is -0.324. The van der Waals surface area contributed by atoms with Crippen LogP contribution in [-0.4, -0.2) is 16.0 Å². The topological polar surface area (TPSA) is 68.0 Å². The van der Waals surface area contributed by atoms with Crippen LogP contribution >= 0.6 is 22.6 Å². The minimum Gasteiger partial charge on any atom is -0.361 e. The van der Waals surface area contributed by atoms with Gasteiger partial charge in [-0.25, -0.2) is 4.98 Å². The van der Waals surface area contributed by atoms with Gasteiger partial charge in [-0.05, 0) is 48.6 Å². The summed E-state index contributed by atoms with van der Waals surface area (Å²) in [6.07, 6.45) is 0. The molecule has 0 aliphatic heterocycles. The zero-order chi connectivity index (χ0) is 12.4. The van der Waals surface area contributed by atoms with Crippen LogP contribution in [0.3, 0.4) is 0 Å². The van der Waals surface area contributed by atoms with Crippen molar-refractivity contribution < 1.29 is 9.32 Å². The summed E-state index contributed by atoms with van der Waals surface area (Å²) in [5.74, 6) is 0.783. The van der Waals surface area contributed by atoms with Crippen LogP contribution in [-0.2, 0) is 0 Å². The number of hydrogen-bond donors (Lipinski definition) is 1. The van der Waals surface area contributed by atoms with Crippen molar-refractivity contribution in [3.8, 4) is 0 Å². The van der Waals surface area contributed by atoms with Crippen molar-refractivity contribution in [3.63, 3.8) is 0 Å². The highest BCUT2D eigenvalue weighted by atomic mass is 127. The fraction of sp³-hybridized carbons (Fsp3) is 0.182. The molecule has 17 heavy (non-hydrogen) atoms. The van der Waals surface area contributed by atoms with Gasteiger partial charge in [0.05, 0.1) is 5.69 Å². The normalized spacial score (nSPS) is 10.3. The van der Waals surface area contributed by atoms with Gasteiger partial charge in [-0.1, -0.05) is 5.16 Å². The second-order valence-corrected chi connectivity index (χ2v) is 4.70. The molecule has 0 saturated carbocycles. The number of anilines is 1. The molecular weight excluding hydrogens is 333 g/mol. The summed E-state index contributed by atoms with van der Waals surface area (Å²) in [4.78, 5) is 16.0. The third-order valence-electron chi connectivity index (χ3n) is 2.12. The molecule has 0 unspecified atom stereocenters. The minimum absolute atomic E-state index is 0.250. The Morgan fingerprint density at radius 3 is 2.76 bits per heavy atom. The first-order valence-electron chi connectivity index (χ1n) is 4.94. The van der Waals surface area contributed by atoms with Crippen LogP contribution in [0.25, 0.3) is 0 Å². The highest BCUT2D eigenvalue weighted by molar-refractivity contribution is 14.1. The summed E-state index contributed by atoms with van der Waals surface area (Å²) in [6, 6.07) is 5.22. The molecule has 0 aliphatic rings. The Labute approximate surface area is 112 Å². The fourth-order valence-corrected chi connectivity index (χ4v) is 1.57. The zero-order valence-corrected chi connectivity index (χ0v) is 11.5. The monoisotopic (exact) mass is 343 g/mol. The molecule has 0 fully saturated rings. The van der Waals surface area contributed by atoms with E-state index in [9.17, 15) is 4.79 Å². The van der Waals surface area contributed by atoms with Crippen molar-refractivity contribution in [3.05, 3.63) is 38.9 Å². The number of rotatable bonds is 2. The molecule has 1 amide bonds. The van der Waals surface area contributed by atoms with Crippen molar-refractivity contribution in [1.29, 1.82) is 0 Å². The van der Waals surface area contributed by atoms with Gasteiger partial charge in [0.1, 0.15) is 11.6 Å². The summed E-state index contributed by atoms with van der Waals surface area (Å²) in [5.41, 5.74) is 1.13. The summed E-state index contributed by atoms with van der Waals surface area (Å²) >= 11 is 2.19. The molecule has 0 bridgehead atoms. The number of halogens is 1. The van der Waals surface area contributed by atoms with Gasteiger partial charge in [0, 0.05) is 9.64 Å². The average molecular weight is 343 g/mol. The maximum absolute atomic E-state index is 11.7. The molecule has 1 N–H and O–H groups in total. The van der Waals surface area contributed by atoms with Gasteiger partial charge in [-0.3, -0.25) is 4.79 Å². The Kier molecular flexibility index (Phi) is 3.41. The summed E-state index contributed by atoms with van der Waals surface area (Å²) in [6.45, 7) is 3.62. The van der Waals surface area contributed by atoms with E-state index in [-0.39, 0.29) is 11.6 Å². The van der Waals surface area contributed by atoms with Gasteiger partial charge < -0.3 is 9.84 Å². The number of carbonyl (C=O) groups excluding carboxylic acids is 1. The second kappa shape index (κ2) is 4.82. The van der Waals surface area contributed by atoms with E-state index < -0.39 is 0 Å². The first kappa shape index (κ1) is 12.0. The molecule has 0 atom stereocenters.